The smallest absolute Gasteiger partial charge is 0.329 e. The van der Waals surface area contributed by atoms with Crippen molar-refractivity contribution < 1.29 is 14.6 Å². The number of aryl methyl sites for hydroxylation is 1. The van der Waals surface area contributed by atoms with E-state index in [-0.39, 0.29) is 6.61 Å². The summed E-state index contributed by atoms with van der Waals surface area (Å²) in [6.45, 7) is 4.09. The molecule has 9 nitrogen and oxygen atoms in total. The Balaban J connectivity index is 1.77. The van der Waals surface area contributed by atoms with Crippen molar-refractivity contribution in [3.8, 4) is 23.2 Å². The van der Waals surface area contributed by atoms with Gasteiger partial charge in [0.25, 0.3) is 0 Å². The molecule has 1 aliphatic rings. The molecule has 0 fully saturated rings. The molecular weight excluding hydrogens is 419 g/mol. The molecule has 0 aliphatic carbocycles. The fraction of sp³-hybridized carbons (Fsp3) is 0.261. The number of benzene rings is 1. The molecule has 2 aromatic heterocycles. The number of nitrogens with zero attached hydrogens (tertiary/aromatic N) is 5. The Morgan fingerprint density at radius 2 is 2.21 bits per heavy atom. The van der Waals surface area contributed by atoms with Crippen LogP contribution in [0.15, 0.2) is 36.7 Å². The highest BCUT2D eigenvalue weighted by molar-refractivity contribution is 6.70. The molecule has 0 spiro atoms. The van der Waals surface area contributed by atoms with E-state index in [2.05, 4.69) is 26.3 Å². The van der Waals surface area contributed by atoms with Gasteiger partial charge in [-0.25, -0.2) is 15.0 Å². The lowest BCUT2D eigenvalue weighted by Gasteiger charge is -2.23. The number of carbonyl (C=O) groups is 1. The molecule has 1 radical (unpaired) electrons. The number of rotatable bonds is 7. The van der Waals surface area contributed by atoms with Crippen LogP contribution in [0, 0.1) is 18.3 Å². The molecule has 3 aromatic rings. The lowest BCUT2D eigenvalue weighted by molar-refractivity contribution is 0.217. The van der Waals surface area contributed by atoms with Crippen LogP contribution in [0.3, 0.4) is 0 Å². The van der Waals surface area contributed by atoms with Crippen LogP contribution in [-0.4, -0.2) is 53.9 Å². The second kappa shape index (κ2) is 8.88. The molecule has 0 bridgehead atoms. The molecule has 0 amide bonds. The molecular formula is C23H22BN6O3. The van der Waals surface area contributed by atoms with Crippen LogP contribution < -0.4 is 14.9 Å². The lowest BCUT2D eigenvalue weighted by Crippen LogP contribution is -2.36. The van der Waals surface area contributed by atoms with Gasteiger partial charge >= 0.3 is 7.41 Å². The number of methoxy groups -OCH3 is 1. The molecule has 2 N–H and O–H groups in total. The number of aliphatic hydroxyl groups is 1. The second-order valence-corrected chi connectivity index (χ2v) is 8.12. The highest BCUT2D eigenvalue weighted by atomic mass is 16.5. The van der Waals surface area contributed by atoms with Gasteiger partial charge in [-0.1, -0.05) is 6.92 Å². The minimum Gasteiger partial charge on any atom is -0.480 e. The minimum atomic E-state index is -0.634. The molecule has 10 heteroatoms. The predicted molar refractivity (Wildman–Crippen MR) is 125 cm³/mol. The van der Waals surface area contributed by atoms with E-state index in [0.29, 0.717) is 52.8 Å². The number of nitriles is 1. The van der Waals surface area contributed by atoms with Crippen molar-refractivity contribution in [3.05, 3.63) is 53.3 Å². The Labute approximate surface area is 192 Å². The standard InChI is InChI=1S/C23H22BN6O3/c1-14-6-19(21(33-3)27-10-14)29-22-26-5-4-18(28-22)15-7-16(9-25)20-17(8-15)23(2,12-31)11-30(20)24-13-32/h4-8,10,13,31H,11-12H2,1-3H3,(H,26,28,29)/t23-/m1/s1. The number of fused-ring (bicyclic) bond motifs is 1. The van der Waals surface area contributed by atoms with Gasteiger partial charge in [-0.3, -0.25) is 0 Å². The number of aromatic nitrogens is 3. The number of pyridine rings is 1. The topological polar surface area (TPSA) is 124 Å². The van der Waals surface area contributed by atoms with Crippen LogP contribution >= 0.6 is 0 Å². The first-order valence-corrected chi connectivity index (χ1v) is 10.3. The van der Waals surface area contributed by atoms with Crippen LogP contribution in [0.2, 0.25) is 0 Å². The fourth-order valence-electron chi connectivity index (χ4n) is 4.02. The molecule has 33 heavy (non-hydrogen) atoms. The van der Waals surface area contributed by atoms with E-state index in [1.165, 1.54) is 14.5 Å². The monoisotopic (exact) mass is 441 g/mol. The molecule has 0 saturated carbocycles. The summed E-state index contributed by atoms with van der Waals surface area (Å²) in [5.41, 5.74) is 4.08. The normalized spacial score (nSPS) is 16.6. The molecule has 3 heterocycles. The van der Waals surface area contributed by atoms with Crippen molar-refractivity contribution in [1.29, 1.82) is 5.26 Å². The summed E-state index contributed by atoms with van der Waals surface area (Å²) in [7, 11) is 2.92. The van der Waals surface area contributed by atoms with E-state index in [1.54, 1.807) is 29.3 Å². The van der Waals surface area contributed by atoms with Gasteiger partial charge in [-0.05, 0) is 42.3 Å². The summed E-state index contributed by atoms with van der Waals surface area (Å²) < 4.78 is 5.31. The van der Waals surface area contributed by atoms with Gasteiger partial charge in [0.05, 0.1) is 25.0 Å². The number of carbonyl (C=O) groups excluding carboxylic acids is 1. The first-order valence-electron chi connectivity index (χ1n) is 10.3. The minimum absolute atomic E-state index is 0.131. The Hall–Kier alpha value is -3.97. The average Bonchev–Trinajstić information content (AvgIpc) is 3.11. The number of ether oxygens (including phenoxy) is 1. The van der Waals surface area contributed by atoms with Gasteiger partial charge < -0.3 is 24.8 Å². The Morgan fingerprint density at radius 3 is 2.91 bits per heavy atom. The van der Waals surface area contributed by atoms with Crippen LogP contribution in [0.4, 0.5) is 17.3 Å². The van der Waals surface area contributed by atoms with Crippen molar-refractivity contribution >= 4 is 30.9 Å². The zero-order valence-corrected chi connectivity index (χ0v) is 18.5. The van der Waals surface area contributed by atoms with E-state index in [9.17, 15) is 15.2 Å². The Morgan fingerprint density at radius 1 is 1.39 bits per heavy atom. The second-order valence-electron chi connectivity index (χ2n) is 8.12. The van der Waals surface area contributed by atoms with Crippen molar-refractivity contribution in [2.45, 2.75) is 19.3 Å². The maximum absolute atomic E-state index is 11.1. The van der Waals surface area contributed by atoms with Gasteiger partial charge in [0, 0.05) is 35.6 Å². The highest BCUT2D eigenvalue weighted by Gasteiger charge is 2.40. The number of hydrogen-bond acceptors (Lipinski definition) is 9. The van der Waals surface area contributed by atoms with E-state index in [0.717, 1.165) is 11.1 Å². The van der Waals surface area contributed by atoms with Crippen LogP contribution in [0.5, 0.6) is 5.88 Å². The van der Waals surface area contributed by atoms with Crippen molar-refractivity contribution in [3.63, 3.8) is 0 Å². The van der Waals surface area contributed by atoms with Crippen LogP contribution in [-0.2, 0) is 10.2 Å². The van der Waals surface area contributed by atoms with Gasteiger partial charge in [0.2, 0.25) is 11.8 Å². The molecule has 1 aliphatic heterocycles. The maximum atomic E-state index is 11.1. The largest absolute Gasteiger partial charge is 0.480 e. The molecule has 0 unspecified atom stereocenters. The third-order valence-electron chi connectivity index (χ3n) is 5.66. The van der Waals surface area contributed by atoms with E-state index in [1.807, 2.05) is 26.0 Å². The molecule has 1 atom stereocenters. The first kappa shape index (κ1) is 22.2. The van der Waals surface area contributed by atoms with Crippen molar-refractivity contribution in [1.82, 2.24) is 15.0 Å². The van der Waals surface area contributed by atoms with Crippen LogP contribution in [0.1, 0.15) is 23.6 Å². The number of nitrogens with one attached hydrogen (secondary N) is 1. The highest BCUT2D eigenvalue weighted by Crippen LogP contribution is 2.44. The molecule has 165 valence electrons. The van der Waals surface area contributed by atoms with Gasteiger partial charge in [0.1, 0.15) is 17.9 Å². The predicted octanol–water partition coefficient (Wildman–Crippen LogP) is 2.35. The van der Waals surface area contributed by atoms with E-state index < -0.39 is 5.41 Å². The summed E-state index contributed by atoms with van der Waals surface area (Å²) in [5.74, 6) is 0.766. The fourth-order valence-corrected chi connectivity index (χ4v) is 4.02. The zero-order chi connectivity index (χ0) is 23.6. The average molecular weight is 441 g/mol. The third-order valence-corrected chi connectivity index (χ3v) is 5.66. The Kier molecular flexibility index (Phi) is 5.98. The molecule has 1 aromatic carbocycles. The SMILES string of the molecule is COc1ncc(C)cc1Nc1nccc(-c2cc(C#N)c3c(c2)[C@@](C)(CO)CN3[B]C=O)n1. The lowest BCUT2D eigenvalue weighted by atomic mass is 9.83. The number of aliphatic hydroxyl groups excluding tert-OH is 1. The van der Waals surface area contributed by atoms with Crippen LogP contribution in [0.25, 0.3) is 11.3 Å². The van der Waals surface area contributed by atoms with E-state index in [4.69, 9.17) is 4.74 Å². The number of hydrogen-bond donors (Lipinski definition) is 2. The summed E-state index contributed by atoms with van der Waals surface area (Å²) in [6.07, 6.45) is 4.01. The van der Waals surface area contributed by atoms with Gasteiger partial charge in [-0.2, -0.15) is 5.26 Å². The first-order chi connectivity index (χ1) is 15.9. The third kappa shape index (κ3) is 4.11. The van der Waals surface area contributed by atoms with Crippen molar-refractivity contribution in [2.24, 2.45) is 0 Å². The van der Waals surface area contributed by atoms with Crippen molar-refractivity contribution in [2.75, 3.05) is 30.4 Å². The summed E-state index contributed by atoms with van der Waals surface area (Å²) >= 11 is 0. The zero-order valence-electron chi connectivity index (χ0n) is 18.5. The number of anilines is 3. The molecule has 0 saturated heterocycles. The maximum Gasteiger partial charge on any atom is 0.329 e. The Bertz CT molecular complexity index is 1260. The molecule has 4 rings (SSSR count). The van der Waals surface area contributed by atoms with Gasteiger partial charge in [0.15, 0.2) is 0 Å². The van der Waals surface area contributed by atoms with E-state index >= 15 is 0 Å². The quantitative estimate of drug-likeness (QED) is 0.420. The summed E-state index contributed by atoms with van der Waals surface area (Å²) in [6, 6.07) is 9.49. The summed E-state index contributed by atoms with van der Waals surface area (Å²) in [5, 5.41) is 23.1. The summed E-state index contributed by atoms with van der Waals surface area (Å²) in [4.78, 5) is 26.0. The van der Waals surface area contributed by atoms with Gasteiger partial charge in [-0.15, -0.1) is 0 Å².